The van der Waals surface area contributed by atoms with E-state index >= 15 is 0 Å². The zero-order valence-electron chi connectivity index (χ0n) is 21.8. The monoisotopic (exact) mass is 581 g/mol. The lowest BCUT2D eigenvalue weighted by Crippen LogP contribution is -2.29. The van der Waals surface area contributed by atoms with Crippen molar-refractivity contribution in [1.29, 1.82) is 0 Å². The van der Waals surface area contributed by atoms with Crippen LogP contribution in [0.25, 0.3) is 5.69 Å². The van der Waals surface area contributed by atoms with Crippen molar-refractivity contribution >= 4 is 50.3 Å². The van der Waals surface area contributed by atoms with Crippen molar-refractivity contribution in [1.82, 2.24) is 14.9 Å². The molecule has 2 aromatic heterocycles. The molecule has 2 aromatic carbocycles. The molecule has 39 heavy (non-hydrogen) atoms. The van der Waals surface area contributed by atoms with Crippen LogP contribution in [0.3, 0.4) is 0 Å². The highest BCUT2D eigenvalue weighted by Crippen LogP contribution is 2.45. The molecular weight excluding hydrogens is 554 g/mol. The SMILES string of the molecule is COc1cc(N2C(=S)N[C@H](c3ccccn3)[C@@H]2c2cc(C)n(-c3cccc(Cl)c3)c2C)ccc1NS(C)(=O)=O. The Bertz CT molecular complexity index is 1660. The topological polar surface area (TPSA) is 88.5 Å². The fourth-order valence-electron chi connectivity index (χ4n) is 5.16. The number of hydrogen-bond donors (Lipinski definition) is 2. The van der Waals surface area contributed by atoms with Crippen molar-refractivity contribution < 1.29 is 13.2 Å². The number of nitrogens with one attached hydrogen (secondary N) is 2. The maximum absolute atomic E-state index is 11.9. The summed E-state index contributed by atoms with van der Waals surface area (Å²) in [6.07, 6.45) is 2.87. The number of sulfonamides is 1. The van der Waals surface area contributed by atoms with Gasteiger partial charge in [-0.15, -0.1) is 0 Å². The van der Waals surface area contributed by atoms with Gasteiger partial charge in [0.15, 0.2) is 5.11 Å². The van der Waals surface area contributed by atoms with Crippen molar-refractivity contribution in [2.45, 2.75) is 25.9 Å². The van der Waals surface area contributed by atoms with Crippen molar-refractivity contribution in [3.63, 3.8) is 0 Å². The summed E-state index contributed by atoms with van der Waals surface area (Å²) in [5.41, 5.74) is 6.07. The second-order valence-corrected chi connectivity index (χ2v) is 12.0. The van der Waals surface area contributed by atoms with Gasteiger partial charge in [0.05, 0.1) is 36.8 Å². The molecule has 5 rings (SSSR count). The number of hydrogen-bond acceptors (Lipinski definition) is 5. The molecule has 4 aromatic rings. The summed E-state index contributed by atoms with van der Waals surface area (Å²) in [5, 5.41) is 4.66. The number of rotatable bonds is 7. The van der Waals surface area contributed by atoms with Gasteiger partial charge in [-0.1, -0.05) is 23.7 Å². The third-order valence-corrected chi connectivity index (χ3v) is 7.85. The van der Waals surface area contributed by atoms with E-state index in [0.29, 0.717) is 21.6 Å². The van der Waals surface area contributed by atoms with Gasteiger partial charge in [-0.05, 0) is 80.2 Å². The first-order valence-corrected chi connectivity index (χ1v) is 14.9. The van der Waals surface area contributed by atoms with Gasteiger partial charge in [-0.25, -0.2) is 8.42 Å². The van der Waals surface area contributed by atoms with Gasteiger partial charge < -0.3 is 19.5 Å². The number of ether oxygens (including phenoxy) is 1. The Hall–Kier alpha value is -3.60. The van der Waals surface area contributed by atoms with Crippen LogP contribution >= 0.6 is 23.8 Å². The molecule has 0 spiro atoms. The summed E-state index contributed by atoms with van der Waals surface area (Å²) in [5.74, 6) is 0.380. The molecule has 3 heterocycles. The van der Waals surface area contributed by atoms with Crippen LogP contribution in [0.2, 0.25) is 5.02 Å². The minimum Gasteiger partial charge on any atom is -0.494 e. The molecule has 0 bridgehead atoms. The number of pyridine rings is 1. The molecule has 202 valence electrons. The van der Waals surface area contributed by atoms with E-state index in [0.717, 1.165) is 40.3 Å². The number of aryl methyl sites for hydroxylation is 1. The average molecular weight is 582 g/mol. The predicted octanol–water partition coefficient (Wildman–Crippen LogP) is 5.70. The Morgan fingerprint density at radius 3 is 2.51 bits per heavy atom. The third-order valence-electron chi connectivity index (χ3n) is 6.71. The molecule has 1 fully saturated rings. The Balaban J connectivity index is 1.67. The van der Waals surface area contributed by atoms with Crippen molar-refractivity contribution in [2.24, 2.45) is 0 Å². The smallest absolute Gasteiger partial charge is 0.229 e. The highest BCUT2D eigenvalue weighted by atomic mass is 35.5. The van der Waals surface area contributed by atoms with Crippen molar-refractivity contribution in [2.75, 3.05) is 23.0 Å². The van der Waals surface area contributed by atoms with Gasteiger partial charge in [0.1, 0.15) is 5.75 Å². The van der Waals surface area contributed by atoms with Gasteiger partial charge in [0, 0.05) is 40.0 Å². The first-order valence-electron chi connectivity index (χ1n) is 12.2. The number of benzene rings is 2. The Kier molecular flexibility index (Phi) is 7.28. The normalized spacial score (nSPS) is 17.3. The highest BCUT2D eigenvalue weighted by molar-refractivity contribution is 7.92. The molecule has 1 aliphatic heterocycles. The molecule has 0 radical (unpaired) electrons. The summed E-state index contributed by atoms with van der Waals surface area (Å²) in [6, 6.07) is 20.5. The van der Waals surface area contributed by atoms with E-state index in [1.807, 2.05) is 53.4 Å². The van der Waals surface area contributed by atoms with E-state index in [4.69, 9.17) is 28.6 Å². The quantitative estimate of drug-likeness (QED) is 0.271. The second-order valence-electron chi connectivity index (χ2n) is 9.40. The maximum atomic E-state index is 11.9. The molecule has 11 heteroatoms. The largest absolute Gasteiger partial charge is 0.494 e. The van der Waals surface area contributed by atoms with Gasteiger partial charge in [-0.2, -0.15) is 0 Å². The molecule has 8 nitrogen and oxygen atoms in total. The molecule has 0 aliphatic carbocycles. The Morgan fingerprint density at radius 1 is 1.05 bits per heavy atom. The van der Waals surface area contributed by atoms with Crippen LogP contribution in [0.15, 0.2) is 72.9 Å². The second kappa shape index (κ2) is 10.5. The summed E-state index contributed by atoms with van der Waals surface area (Å²) >= 11 is 12.2. The molecule has 1 aliphatic rings. The van der Waals surface area contributed by atoms with E-state index < -0.39 is 10.0 Å². The molecule has 1 saturated heterocycles. The number of anilines is 2. The lowest BCUT2D eigenvalue weighted by atomic mass is 9.96. The number of thiocarbonyl (C=S) groups is 1. The van der Waals surface area contributed by atoms with E-state index in [-0.39, 0.29) is 12.1 Å². The highest BCUT2D eigenvalue weighted by Gasteiger charge is 2.42. The molecule has 2 N–H and O–H groups in total. The molecule has 0 amide bonds. The van der Waals surface area contributed by atoms with Crippen LogP contribution in [-0.2, 0) is 10.0 Å². The summed E-state index contributed by atoms with van der Waals surface area (Å²) in [4.78, 5) is 6.67. The molecule has 2 atom stereocenters. The van der Waals surface area contributed by atoms with Crippen LogP contribution in [0.5, 0.6) is 5.75 Å². The van der Waals surface area contributed by atoms with Gasteiger partial charge in [0.25, 0.3) is 0 Å². The number of aromatic nitrogens is 2. The van der Waals surface area contributed by atoms with Crippen LogP contribution in [-0.4, -0.2) is 36.4 Å². The Morgan fingerprint density at radius 2 is 1.85 bits per heavy atom. The minimum absolute atomic E-state index is 0.244. The van der Waals surface area contributed by atoms with Gasteiger partial charge in [0.2, 0.25) is 10.0 Å². The first kappa shape index (κ1) is 27.0. The van der Waals surface area contributed by atoms with Crippen LogP contribution < -0.4 is 19.7 Å². The number of methoxy groups -OCH3 is 1. The van der Waals surface area contributed by atoms with Crippen LogP contribution in [0.4, 0.5) is 11.4 Å². The molecule has 0 saturated carbocycles. The van der Waals surface area contributed by atoms with E-state index in [2.05, 4.69) is 39.5 Å². The van der Waals surface area contributed by atoms with E-state index in [1.165, 1.54) is 7.11 Å². The lowest BCUT2D eigenvalue weighted by Gasteiger charge is -2.29. The predicted molar refractivity (Wildman–Crippen MR) is 160 cm³/mol. The third kappa shape index (κ3) is 5.32. The van der Waals surface area contributed by atoms with Crippen LogP contribution in [0, 0.1) is 13.8 Å². The summed E-state index contributed by atoms with van der Waals surface area (Å²) < 4.78 is 34.0. The molecular formula is C28H28ClN5O3S2. The maximum Gasteiger partial charge on any atom is 0.229 e. The average Bonchev–Trinajstić information content (AvgIpc) is 3.38. The zero-order chi connectivity index (χ0) is 27.9. The first-order chi connectivity index (χ1) is 18.6. The van der Waals surface area contributed by atoms with Gasteiger partial charge >= 0.3 is 0 Å². The minimum atomic E-state index is -3.49. The summed E-state index contributed by atoms with van der Waals surface area (Å²) in [6.45, 7) is 4.14. The fraction of sp³-hybridized carbons (Fsp3) is 0.214. The van der Waals surface area contributed by atoms with Crippen LogP contribution in [0.1, 0.15) is 34.7 Å². The number of halogens is 1. The summed E-state index contributed by atoms with van der Waals surface area (Å²) in [7, 11) is -1.99. The van der Waals surface area contributed by atoms with E-state index in [1.54, 1.807) is 18.3 Å². The number of nitrogens with zero attached hydrogens (tertiary/aromatic N) is 3. The lowest BCUT2D eigenvalue weighted by molar-refractivity contribution is 0.417. The van der Waals surface area contributed by atoms with Crippen molar-refractivity contribution in [3.8, 4) is 11.4 Å². The zero-order valence-corrected chi connectivity index (χ0v) is 24.2. The van der Waals surface area contributed by atoms with Gasteiger partial charge in [-0.3, -0.25) is 9.71 Å². The fourth-order valence-corrected chi connectivity index (χ4v) is 6.26. The molecule has 0 unspecified atom stereocenters. The Labute approximate surface area is 238 Å². The standard InChI is InChI=1S/C28H28ClN5O3S2/c1-17-14-22(18(2)33(17)20-9-7-8-19(29)15-20)27-26(24-10-5-6-13-30-24)31-28(38)34(27)21-11-12-23(25(16-21)37-3)32-39(4,35)36/h5-16,26-27,32H,1-4H3,(H,31,38)/t26-,27+/m1/s1. The van der Waals surface area contributed by atoms with E-state index in [9.17, 15) is 8.42 Å². The van der Waals surface area contributed by atoms with Crippen molar-refractivity contribution in [3.05, 3.63) is 101 Å².